The zero-order chi connectivity index (χ0) is 13.4. The third-order valence-electron chi connectivity index (χ3n) is 3.16. The molecule has 3 heterocycles. The van der Waals surface area contributed by atoms with Crippen LogP contribution >= 0.6 is 0 Å². The number of carbonyl (C=O) groups is 1. The van der Waals surface area contributed by atoms with Crippen LogP contribution in [-0.2, 0) is 17.8 Å². The number of hydrogen-bond acceptors (Lipinski definition) is 5. The number of halogens is 1. The van der Waals surface area contributed by atoms with Gasteiger partial charge in [0.25, 0.3) is 5.95 Å². The molecular weight excluding hydrogens is 251 g/mol. The van der Waals surface area contributed by atoms with Crippen molar-refractivity contribution in [3.05, 3.63) is 29.6 Å². The van der Waals surface area contributed by atoms with E-state index in [9.17, 15) is 9.18 Å². The Balaban J connectivity index is 2.00. The van der Waals surface area contributed by atoms with Crippen molar-refractivity contribution in [3.8, 4) is 5.95 Å². The van der Waals surface area contributed by atoms with E-state index in [2.05, 4.69) is 20.3 Å². The Hall–Kier alpha value is -2.38. The van der Waals surface area contributed by atoms with Crippen LogP contribution in [0.2, 0.25) is 0 Å². The Morgan fingerprint density at radius 3 is 2.84 bits per heavy atom. The first kappa shape index (κ1) is 11.7. The second-order valence-electron chi connectivity index (χ2n) is 4.43. The van der Waals surface area contributed by atoms with Crippen LogP contribution in [0, 0.1) is 5.82 Å². The Morgan fingerprint density at radius 1 is 1.42 bits per heavy atom. The standard InChI is InChI=1S/C11H11FN6O/c1-7-2-10-9(5-17(7)6-19)15-16-18(10)11-13-3-8(12)4-14-11/h3-4,6-7H,2,5H2,1H3. The number of carbonyl (C=O) groups excluding carboxylic acids is 1. The van der Waals surface area contributed by atoms with E-state index >= 15 is 0 Å². The zero-order valence-electron chi connectivity index (χ0n) is 10.2. The Labute approximate surface area is 108 Å². The SMILES string of the molecule is CC1Cc2c(nnn2-c2ncc(F)cn2)CN1C=O. The number of hydrogen-bond donors (Lipinski definition) is 0. The summed E-state index contributed by atoms with van der Waals surface area (Å²) in [6, 6.07) is 0.0581. The quantitative estimate of drug-likeness (QED) is 0.717. The van der Waals surface area contributed by atoms with Gasteiger partial charge in [0.05, 0.1) is 24.6 Å². The minimum atomic E-state index is -0.502. The molecule has 2 aromatic rings. The molecule has 98 valence electrons. The molecule has 19 heavy (non-hydrogen) atoms. The lowest BCUT2D eigenvalue weighted by Gasteiger charge is -2.29. The number of nitrogens with zero attached hydrogens (tertiary/aromatic N) is 6. The van der Waals surface area contributed by atoms with Crippen LogP contribution in [0.1, 0.15) is 18.3 Å². The topological polar surface area (TPSA) is 76.8 Å². The van der Waals surface area contributed by atoms with Crippen LogP contribution in [0.15, 0.2) is 12.4 Å². The van der Waals surface area contributed by atoms with Gasteiger partial charge in [-0.15, -0.1) is 5.10 Å². The molecule has 1 aliphatic rings. The van der Waals surface area contributed by atoms with Gasteiger partial charge in [-0.05, 0) is 6.92 Å². The van der Waals surface area contributed by atoms with Crippen LogP contribution in [0.25, 0.3) is 5.95 Å². The second kappa shape index (κ2) is 4.38. The van der Waals surface area contributed by atoms with Gasteiger partial charge in [0.1, 0.15) is 5.69 Å². The van der Waals surface area contributed by atoms with Crippen molar-refractivity contribution >= 4 is 6.41 Å². The Morgan fingerprint density at radius 2 is 2.16 bits per heavy atom. The van der Waals surface area contributed by atoms with E-state index in [0.717, 1.165) is 30.2 Å². The molecule has 0 saturated heterocycles. The lowest BCUT2D eigenvalue weighted by Crippen LogP contribution is -2.37. The maximum absolute atomic E-state index is 12.8. The summed E-state index contributed by atoms with van der Waals surface area (Å²) in [5.41, 5.74) is 1.58. The summed E-state index contributed by atoms with van der Waals surface area (Å²) in [6.45, 7) is 2.36. The minimum absolute atomic E-state index is 0.0581. The normalized spacial score (nSPS) is 18.2. The predicted molar refractivity (Wildman–Crippen MR) is 61.7 cm³/mol. The molecule has 2 aromatic heterocycles. The van der Waals surface area contributed by atoms with Crippen molar-refractivity contribution in [2.24, 2.45) is 0 Å². The molecule has 0 spiro atoms. The van der Waals surface area contributed by atoms with Gasteiger partial charge in [0.15, 0.2) is 5.82 Å². The van der Waals surface area contributed by atoms with Crippen LogP contribution in [0.5, 0.6) is 0 Å². The summed E-state index contributed by atoms with van der Waals surface area (Å²) < 4.78 is 14.3. The van der Waals surface area contributed by atoms with Crippen molar-refractivity contribution in [2.45, 2.75) is 25.9 Å². The fourth-order valence-electron chi connectivity index (χ4n) is 2.10. The summed E-state index contributed by atoms with van der Waals surface area (Å²) >= 11 is 0. The Bertz CT molecular complexity index is 610. The van der Waals surface area contributed by atoms with Crippen LogP contribution in [0.4, 0.5) is 4.39 Å². The average Bonchev–Trinajstić information content (AvgIpc) is 2.81. The van der Waals surface area contributed by atoms with Crippen molar-refractivity contribution in [3.63, 3.8) is 0 Å². The van der Waals surface area contributed by atoms with E-state index in [-0.39, 0.29) is 12.0 Å². The van der Waals surface area contributed by atoms with Crippen molar-refractivity contribution in [2.75, 3.05) is 0 Å². The van der Waals surface area contributed by atoms with E-state index in [1.807, 2.05) is 6.92 Å². The van der Waals surface area contributed by atoms with Gasteiger partial charge in [0.2, 0.25) is 6.41 Å². The summed E-state index contributed by atoms with van der Waals surface area (Å²) in [4.78, 5) is 20.3. The molecule has 0 bridgehead atoms. The predicted octanol–water partition coefficient (Wildman–Crippen LogP) is 0.0994. The molecule has 8 heteroatoms. The van der Waals surface area contributed by atoms with E-state index in [0.29, 0.717) is 13.0 Å². The van der Waals surface area contributed by atoms with Crippen molar-refractivity contribution < 1.29 is 9.18 Å². The molecule has 1 atom stereocenters. The average molecular weight is 262 g/mol. The molecule has 0 radical (unpaired) electrons. The largest absolute Gasteiger partial charge is 0.336 e. The highest BCUT2D eigenvalue weighted by atomic mass is 19.1. The molecular formula is C11H11FN6O. The van der Waals surface area contributed by atoms with E-state index in [1.165, 1.54) is 4.68 Å². The van der Waals surface area contributed by atoms with Crippen LogP contribution < -0.4 is 0 Å². The molecule has 3 rings (SSSR count). The van der Waals surface area contributed by atoms with Crippen molar-refractivity contribution in [1.82, 2.24) is 29.9 Å². The van der Waals surface area contributed by atoms with Crippen LogP contribution in [-0.4, -0.2) is 42.3 Å². The third kappa shape index (κ3) is 1.94. The molecule has 0 saturated carbocycles. The fraction of sp³-hybridized carbons (Fsp3) is 0.364. The first-order valence-electron chi connectivity index (χ1n) is 5.81. The molecule has 0 fully saturated rings. The van der Waals surface area contributed by atoms with Gasteiger partial charge in [-0.25, -0.2) is 14.4 Å². The molecule has 0 aromatic carbocycles. The molecule has 1 amide bonds. The smallest absolute Gasteiger partial charge is 0.252 e. The first-order chi connectivity index (χ1) is 9.19. The summed E-state index contributed by atoms with van der Waals surface area (Å²) in [7, 11) is 0. The monoisotopic (exact) mass is 262 g/mol. The lowest BCUT2D eigenvalue weighted by atomic mass is 10.1. The molecule has 1 unspecified atom stereocenters. The summed E-state index contributed by atoms with van der Waals surface area (Å²) in [5, 5.41) is 8.00. The highest BCUT2D eigenvalue weighted by molar-refractivity contribution is 5.49. The van der Waals surface area contributed by atoms with E-state index in [1.54, 1.807) is 4.90 Å². The minimum Gasteiger partial charge on any atom is -0.336 e. The number of fused-ring (bicyclic) bond motifs is 1. The van der Waals surface area contributed by atoms with Gasteiger partial charge >= 0.3 is 0 Å². The molecule has 0 aliphatic carbocycles. The molecule has 7 nitrogen and oxygen atoms in total. The fourth-order valence-corrected chi connectivity index (χ4v) is 2.10. The highest BCUT2D eigenvalue weighted by Gasteiger charge is 2.27. The first-order valence-corrected chi connectivity index (χ1v) is 5.81. The number of amides is 1. The third-order valence-corrected chi connectivity index (χ3v) is 3.16. The van der Waals surface area contributed by atoms with Crippen LogP contribution in [0.3, 0.4) is 0 Å². The van der Waals surface area contributed by atoms with Gasteiger partial charge in [-0.3, -0.25) is 4.79 Å². The van der Waals surface area contributed by atoms with E-state index < -0.39 is 5.82 Å². The van der Waals surface area contributed by atoms with Gasteiger partial charge in [-0.1, -0.05) is 5.21 Å². The summed E-state index contributed by atoms with van der Waals surface area (Å²) in [6.07, 6.45) is 3.59. The van der Waals surface area contributed by atoms with Crippen molar-refractivity contribution in [1.29, 1.82) is 0 Å². The zero-order valence-corrected chi connectivity index (χ0v) is 10.2. The van der Waals surface area contributed by atoms with E-state index in [4.69, 9.17) is 0 Å². The number of aromatic nitrogens is 5. The Kier molecular flexibility index (Phi) is 2.69. The highest BCUT2D eigenvalue weighted by Crippen LogP contribution is 2.21. The van der Waals surface area contributed by atoms with Gasteiger partial charge in [0, 0.05) is 12.5 Å². The number of rotatable bonds is 2. The molecule has 1 aliphatic heterocycles. The van der Waals surface area contributed by atoms with Gasteiger partial charge < -0.3 is 4.90 Å². The maximum Gasteiger partial charge on any atom is 0.252 e. The second-order valence-corrected chi connectivity index (χ2v) is 4.43. The summed E-state index contributed by atoms with van der Waals surface area (Å²) in [5.74, 6) is -0.222. The molecule has 0 N–H and O–H groups in total. The maximum atomic E-state index is 12.8. The van der Waals surface area contributed by atoms with Gasteiger partial charge in [-0.2, -0.15) is 4.68 Å². The lowest BCUT2D eigenvalue weighted by molar-refractivity contribution is -0.120.